The first-order chi connectivity index (χ1) is 6.77. The van der Waals surface area contributed by atoms with Crippen molar-refractivity contribution >= 4 is 6.03 Å². The Balaban J connectivity index is 1.86. The molecule has 0 radical (unpaired) electrons. The van der Waals surface area contributed by atoms with E-state index in [4.69, 9.17) is 0 Å². The smallest absolute Gasteiger partial charge is 0.317 e. The van der Waals surface area contributed by atoms with Gasteiger partial charge in [-0.3, -0.25) is 0 Å². The molecular formula is C10H19N3O. The summed E-state index contributed by atoms with van der Waals surface area (Å²) in [6.45, 7) is 3.86. The van der Waals surface area contributed by atoms with E-state index in [-0.39, 0.29) is 6.03 Å². The normalized spacial score (nSPS) is 29.4. The van der Waals surface area contributed by atoms with E-state index in [9.17, 15) is 4.79 Å². The Morgan fingerprint density at radius 1 is 1.43 bits per heavy atom. The van der Waals surface area contributed by atoms with Crippen molar-refractivity contribution in [1.29, 1.82) is 0 Å². The van der Waals surface area contributed by atoms with Crippen LogP contribution in [0, 0.1) is 0 Å². The van der Waals surface area contributed by atoms with Crippen molar-refractivity contribution in [3.8, 4) is 0 Å². The van der Waals surface area contributed by atoms with Crippen LogP contribution in [0.1, 0.15) is 19.3 Å². The fraction of sp³-hybridized carbons (Fsp3) is 0.900. The predicted octanol–water partition coefficient (Wildman–Crippen LogP) is 0.496. The molecule has 1 atom stereocenters. The molecule has 2 fully saturated rings. The summed E-state index contributed by atoms with van der Waals surface area (Å²) in [6.07, 6.45) is 3.60. The first-order valence-corrected chi connectivity index (χ1v) is 5.50. The summed E-state index contributed by atoms with van der Waals surface area (Å²) in [5.41, 5.74) is 0. The summed E-state index contributed by atoms with van der Waals surface area (Å²) in [4.78, 5) is 15.8. The summed E-state index contributed by atoms with van der Waals surface area (Å²) in [5, 5.41) is 2.89. The number of hydrogen-bond donors (Lipinski definition) is 1. The Morgan fingerprint density at radius 3 is 2.93 bits per heavy atom. The van der Waals surface area contributed by atoms with Gasteiger partial charge in [0.05, 0.1) is 0 Å². The lowest BCUT2D eigenvalue weighted by molar-refractivity contribution is 0.164. The second-order valence-corrected chi connectivity index (χ2v) is 4.31. The Morgan fingerprint density at radius 2 is 2.29 bits per heavy atom. The van der Waals surface area contributed by atoms with Gasteiger partial charge in [-0.1, -0.05) is 0 Å². The minimum atomic E-state index is 0.122. The third-order valence-electron chi connectivity index (χ3n) is 3.27. The minimum Gasteiger partial charge on any atom is -0.338 e. The predicted molar refractivity (Wildman–Crippen MR) is 55.2 cm³/mol. The van der Waals surface area contributed by atoms with E-state index in [1.54, 1.807) is 0 Å². The molecule has 0 aliphatic carbocycles. The minimum absolute atomic E-state index is 0.122. The standard InChI is InChI=1S/C10H19N3O/c1-12-6-2-4-9(12)8-13-7-3-5-11-10(13)14/h9H,2-8H2,1H3,(H,11,14). The van der Waals surface area contributed by atoms with E-state index in [1.165, 1.54) is 19.4 Å². The molecular weight excluding hydrogens is 178 g/mol. The highest BCUT2D eigenvalue weighted by molar-refractivity contribution is 5.74. The molecule has 2 saturated heterocycles. The van der Waals surface area contributed by atoms with Crippen LogP contribution in [0.4, 0.5) is 4.79 Å². The molecule has 0 aromatic carbocycles. The van der Waals surface area contributed by atoms with E-state index >= 15 is 0 Å². The van der Waals surface area contributed by atoms with E-state index in [1.807, 2.05) is 4.90 Å². The lowest BCUT2D eigenvalue weighted by Crippen LogP contribution is -2.50. The van der Waals surface area contributed by atoms with Crippen LogP contribution in [-0.2, 0) is 0 Å². The molecule has 4 nitrogen and oxygen atoms in total. The molecule has 0 bridgehead atoms. The fourth-order valence-electron chi connectivity index (χ4n) is 2.32. The monoisotopic (exact) mass is 197 g/mol. The molecule has 4 heteroatoms. The highest BCUT2D eigenvalue weighted by atomic mass is 16.2. The van der Waals surface area contributed by atoms with Crippen LogP contribution in [0.5, 0.6) is 0 Å². The number of hydrogen-bond acceptors (Lipinski definition) is 2. The SMILES string of the molecule is CN1CCCC1CN1CCCNC1=O. The first-order valence-electron chi connectivity index (χ1n) is 5.50. The summed E-state index contributed by atoms with van der Waals surface area (Å²) in [6, 6.07) is 0.704. The van der Waals surface area contributed by atoms with Gasteiger partial charge in [0.15, 0.2) is 0 Å². The molecule has 0 aromatic rings. The quantitative estimate of drug-likeness (QED) is 0.699. The van der Waals surface area contributed by atoms with Gasteiger partial charge in [-0.2, -0.15) is 0 Å². The molecule has 0 aromatic heterocycles. The van der Waals surface area contributed by atoms with Crippen molar-refractivity contribution in [2.75, 3.05) is 33.2 Å². The van der Waals surface area contributed by atoms with Crippen LogP contribution in [0.25, 0.3) is 0 Å². The second-order valence-electron chi connectivity index (χ2n) is 4.31. The fourth-order valence-corrected chi connectivity index (χ4v) is 2.32. The Hall–Kier alpha value is -0.770. The van der Waals surface area contributed by atoms with Crippen molar-refractivity contribution in [1.82, 2.24) is 15.1 Å². The van der Waals surface area contributed by atoms with Crippen molar-refractivity contribution in [3.63, 3.8) is 0 Å². The van der Waals surface area contributed by atoms with E-state index in [0.29, 0.717) is 6.04 Å². The average molecular weight is 197 g/mol. The van der Waals surface area contributed by atoms with Gasteiger partial charge in [0.1, 0.15) is 0 Å². The molecule has 2 rings (SSSR count). The van der Waals surface area contributed by atoms with Gasteiger partial charge in [0, 0.05) is 25.7 Å². The molecule has 1 unspecified atom stereocenters. The summed E-state index contributed by atoms with van der Waals surface area (Å²) in [7, 11) is 2.15. The van der Waals surface area contributed by atoms with E-state index < -0.39 is 0 Å². The second kappa shape index (κ2) is 4.17. The van der Waals surface area contributed by atoms with Crippen molar-refractivity contribution < 1.29 is 4.79 Å². The summed E-state index contributed by atoms with van der Waals surface area (Å²) in [5.74, 6) is 0. The molecule has 80 valence electrons. The maximum Gasteiger partial charge on any atom is 0.317 e. The van der Waals surface area contributed by atoms with Crippen LogP contribution in [0.15, 0.2) is 0 Å². The maximum absolute atomic E-state index is 11.5. The van der Waals surface area contributed by atoms with Gasteiger partial charge in [0.2, 0.25) is 0 Å². The summed E-state index contributed by atoms with van der Waals surface area (Å²) >= 11 is 0. The van der Waals surface area contributed by atoms with Crippen molar-refractivity contribution in [2.45, 2.75) is 25.3 Å². The zero-order chi connectivity index (χ0) is 9.97. The van der Waals surface area contributed by atoms with Gasteiger partial charge < -0.3 is 15.1 Å². The summed E-state index contributed by atoms with van der Waals surface area (Å²) < 4.78 is 0. The van der Waals surface area contributed by atoms with Gasteiger partial charge in [-0.15, -0.1) is 0 Å². The zero-order valence-corrected chi connectivity index (χ0v) is 8.83. The molecule has 14 heavy (non-hydrogen) atoms. The van der Waals surface area contributed by atoms with Gasteiger partial charge in [0.25, 0.3) is 0 Å². The third kappa shape index (κ3) is 2.00. The van der Waals surface area contributed by atoms with Crippen LogP contribution in [-0.4, -0.2) is 55.1 Å². The number of nitrogens with zero attached hydrogens (tertiary/aromatic N) is 2. The van der Waals surface area contributed by atoms with Crippen LogP contribution < -0.4 is 5.32 Å². The number of amides is 2. The first kappa shape index (κ1) is 9.77. The molecule has 2 aliphatic heterocycles. The number of rotatable bonds is 2. The Bertz CT molecular complexity index is 219. The Kier molecular flexibility index (Phi) is 2.91. The number of likely N-dealkylation sites (tertiary alicyclic amines) is 1. The number of carbonyl (C=O) groups excluding carboxylic acids is 1. The maximum atomic E-state index is 11.5. The van der Waals surface area contributed by atoms with E-state index in [2.05, 4.69) is 17.3 Å². The van der Waals surface area contributed by atoms with Crippen molar-refractivity contribution in [2.24, 2.45) is 0 Å². The molecule has 0 spiro atoms. The average Bonchev–Trinajstić information content (AvgIpc) is 2.56. The van der Waals surface area contributed by atoms with Gasteiger partial charge in [-0.05, 0) is 32.9 Å². The van der Waals surface area contributed by atoms with Crippen LogP contribution in [0.3, 0.4) is 0 Å². The van der Waals surface area contributed by atoms with Crippen molar-refractivity contribution in [3.05, 3.63) is 0 Å². The lowest BCUT2D eigenvalue weighted by atomic mass is 10.2. The van der Waals surface area contributed by atoms with Gasteiger partial charge in [-0.25, -0.2) is 4.79 Å². The topological polar surface area (TPSA) is 35.6 Å². The number of carbonyl (C=O) groups is 1. The van der Waals surface area contributed by atoms with Crippen LogP contribution >= 0.6 is 0 Å². The highest BCUT2D eigenvalue weighted by Gasteiger charge is 2.26. The molecule has 2 amide bonds. The number of urea groups is 1. The molecule has 1 N–H and O–H groups in total. The third-order valence-corrected chi connectivity index (χ3v) is 3.27. The number of likely N-dealkylation sites (N-methyl/N-ethyl adjacent to an activating group) is 1. The number of nitrogens with one attached hydrogen (secondary N) is 1. The molecule has 2 heterocycles. The Labute approximate surface area is 85.2 Å². The van der Waals surface area contributed by atoms with Gasteiger partial charge >= 0.3 is 6.03 Å². The highest BCUT2D eigenvalue weighted by Crippen LogP contribution is 2.16. The zero-order valence-electron chi connectivity index (χ0n) is 8.83. The largest absolute Gasteiger partial charge is 0.338 e. The molecule has 0 saturated carbocycles. The van der Waals surface area contributed by atoms with E-state index in [0.717, 1.165) is 26.1 Å². The lowest BCUT2D eigenvalue weighted by Gasteiger charge is -2.31. The molecule has 2 aliphatic rings. The van der Waals surface area contributed by atoms with Crippen LogP contribution in [0.2, 0.25) is 0 Å².